The summed E-state index contributed by atoms with van der Waals surface area (Å²) in [5, 5.41) is 13.4. The van der Waals surface area contributed by atoms with Gasteiger partial charge in [-0.25, -0.2) is 8.78 Å². The van der Waals surface area contributed by atoms with Crippen LogP contribution in [0.5, 0.6) is 0 Å². The van der Waals surface area contributed by atoms with E-state index in [9.17, 15) is 13.6 Å². The van der Waals surface area contributed by atoms with Crippen molar-refractivity contribution in [2.24, 2.45) is 10.8 Å². The van der Waals surface area contributed by atoms with Gasteiger partial charge in [0.25, 0.3) is 5.91 Å². The van der Waals surface area contributed by atoms with E-state index in [1.54, 1.807) is 36.1 Å². The molecule has 1 aromatic heterocycles. The Hall–Kier alpha value is -3.24. The zero-order valence-corrected chi connectivity index (χ0v) is 20.0. The van der Waals surface area contributed by atoms with Gasteiger partial charge in [0.2, 0.25) is 0 Å². The summed E-state index contributed by atoms with van der Waals surface area (Å²) < 4.78 is 33.7. The molecule has 1 aliphatic heterocycles. The van der Waals surface area contributed by atoms with E-state index in [-0.39, 0.29) is 22.4 Å². The van der Waals surface area contributed by atoms with Gasteiger partial charge >= 0.3 is 0 Å². The molecule has 0 radical (unpaired) electrons. The van der Waals surface area contributed by atoms with Crippen molar-refractivity contribution in [3.63, 3.8) is 0 Å². The van der Waals surface area contributed by atoms with Gasteiger partial charge in [0.1, 0.15) is 11.8 Å². The van der Waals surface area contributed by atoms with E-state index in [2.05, 4.69) is 11.2 Å². The predicted molar refractivity (Wildman–Crippen MR) is 126 cm³/mol. The van der Waals surface area contributed by atoms with Gasteiger partial charge in [0.05, 0.1) is 10.6 Å². The summed E-state index contributed by atoms with van der Waals surface area (Å²) in [6, 6.07) is 13.4. The number of aromatic nitrogens is 1. The van der Waals surface area contributed by atoms with Crippen LogP contribution in [0, 0.1) is 40.7 Å². The maximum absolute atomic E-state index is 14.7. The molecule has 2 fully saturated rings. The van der Waals surface area contributed by atoms with Crippen LogP contribution < -0.4 is 0 Å². The third-order valence-electron chi connectivity index (χ3n) is 7.77. The van der Waals surface area contributed by atoms with Crippen molar-refractivity contribution >= 4 is 17.5 Å². The van der Waals surface area contributed by atoms with Crippen LogP contribution in [0.2, 0.25) is 5.02 Å². The fourth-order valence-electron chi connectivity index (χ4n) is 5.79. The third-order valence-corrected chi connectivity index (χ3v) is 8.08. The number of nitrogens with zero attached hydrogens (tertiary/aromatic N) is 3. The van der Waals surface area contributed by atoms with E-state index >= 15 is 0 Å². The smallest absolute Gasteiger partial charge is 0.276 e. The van der Waals surface area contributed by atoms with Crippen LogP contribution in [0.1, 0.15) is 52.2 Å². The van der Waals surface area contributed by atoms with Crippen molar-refractivity contribution in [2.75, 3.05) is 13.1 Å². The average Bonchev–Trinajstić information content (AvgIpc) is 3.13. The summed E-state index contributed by atoms with van der Waals surface area (Å²) in [5.41, 5.74) is 1.60. The lowest BCUT2D eigenvalue weighted by atomic mass is 9.81. The number of rotatable bonds is 6. The number of hydrogen-bond acceptors (Lipinski definition) is 4. The Morgan fingerprint density at radius 1 is 1.29 bits per heavy atom. The van der Waals surface area contributed by atoms with Gasteiger partial charge in [0.15, 0.2) is 17.3 Å². The molecule has 1 aliphatic carbocycles. The van der Waals surface area contributed by atoms with E-state index in [0.29, 0.717) is 47.8 Å². The molecular weight excluding hydrogens is 472 g/mol. The normalized spacial score (nSPS) is 23.0. The Balaban J connectivity index is 1.39. The minimum absolute atomic E-state index is 0.170. The molecule has 5 nitrogen and oxygen atoms in total. The topological polar surface area (TPSA) is 70.1 Å². The highest BCUT2D eigenvalue weighted by Crippen LogP contribution is 2.71. The summed E-state index contributed by atoms with van der Waals surface area (Å²) in [4.78, 5) is 14.8. The molecule has 0 bridgehead atoms. The van der Waals surface area contributed by atoms with Crippen LogP contribution in [0.4, 0.5) is 8.78 Å². The molecule has 1 saturated carbocycles. The summed E-state index contributed by atoms with van der Waals surface area (Å²) in [5.74, 6) is -1.25. The number of aryl methyl sites for hydroxylation is 2. The van der Waals surface area contributed by atoms with Crippen molar-refractivity contribution in [3.8, 4) is 6.07 Å². The van der Waals surface area contributed by atoms with Crippen molar-refractivity contribution in [1.82, 2.24) is 10.1 Å². The molecule has 1 amide bonds. The SMILES string of the molecule is Cc1cc(C(=O)N2CC[C@@]3(C2)CC3(CCc2ccc(C#N)c(Cl)c2)Cc2cccc(F)c2F)no1. The molecule has 5 rings (SSSR count). The Morgan fingerprint density at radius 3 is 2.83 bits per heavy atom. The standard InChI is InChI=1S/C27H24ClF2N3O2/c1-17-11-23(32-35-17)25(34)33-10-9-27(16-33)15-26(27,13-19-3-2-4-22(29)24(19)30)8-7-18-5-6-20(14-31)21(28)12-18/h2-6,11-12H,7-10,13,15-16H2,1H3/t26?,27-/m0/s1. The van der Waals surface area contributed by atoms with Gasteiger partial charge in [-0.1, -0.05) is 35.0 Å². The van der Waals surface area contributed by atoms with Gasteiger partial charge in [0, 0.05) is 19.2 Å². The number of carbonyl (C=O) groups excluding carboxylic acids is 1. The van der Waals surface area contributed by atoms with Crippen molar-refractivity contribution in [1.29, 1.82) is 5.26 Å². The van der Waals surface area contributed by atoms with E-state index in [0.717, 1.165) is 30.9 Å². The first-order valence-electron chi connectivity index (χ1n) is 11.6. The lowest BCUT2D eigenvalue weighted by molar-refractivity contribution is 0.0770. The number of nitriles is 1. The molecule has 2 atom stereocenters. The fraction of sp³-hybridized carbons (Fsp3) is 0.370. The van der Waals surface area contributed by atoms with Gasteiger partial charge in [-0.05, 0) is 79.2 Å². The number of likely N-dealkylation sites (tertiary alicyclic amines) is 1. The molecule has 35 heavy (non-hydrogen) atoms. The minimum Gasteiger partial charge on any atom is -0.361 e. The molecule has 2 aliphatic rings. The van der Waals surface area contributed by atoms with Crippen molar-refractivity contribution < 1.29 is 18.1 Å². The summed E-state index contributed by atoms with van der Waals surface area (Å²) in [7, 11) is 0. The Bertz CT molecular complexity index is 1350. The summed E-state index contributed by atoms with van der Waals surface area (Å²) in [6.07, 6.45) is 3.42. The fourth-order valence-corrected chi connectivity index (χ4v) is 6.03. The monoisotopic (exact) mass is 495 g/mol. The Morgan fingerprint density at radius 2 is 2.11 bits per heavy atom. The minimum atomic E-state index is -0.851. The lowest BCUT2D eigenvalue weighted by Gasteiger charge is -2.24. The molecule has 1 saturated heterocycles. The molecule has 0 N–H and O–H groups in total. The first-order chi connectivity index (χ1) is 16.8. The predicted octanol–water partition coefficient (Wildman–Crippen LogP) is 5.88. The average molecular weight is 496 g/mol. The molecule has 1 unspecified atom stereocenters. The highest BCUT2D eigenvalue weighted by Gasteiger charge is 2.68. The Kier molecular flexibility index (Phi) is 5.88. The number of halogens is 3. The molecule has 2 heterocycles. The lowest BCUT2D eigenvalue weighted by Crippen LogP contribution is -2.30. The van der Waals surface area contributed by atoms with Crippen LogP contribution in [-0.2, 0) is 12.8 Å². The van der Waals surface area contributed by atoms with Crippen molar-refractivity contribution in [3.05, 3.63) is 87.3 Å². The molecule has 3 aromatic rings. The maximum Gasteiger partial charge on any atom is 0.276 e. The van der Waals surface area contributed by atoms with Crippen LogP contribution in [0.25, 0.3) is 0 Å². The largest absolute Gasteiger partial charge is 0.361 e. The zero-order chi connectivity index (χ0) is 24.8. The van der Waals surface area contributed by atoms with Crippen molar-refractivity contribution in [2.45, 2.75) is 39.0 Å². The second-order valence-electron chi connectivity index (χ2n) is 9.85. The van der Waals surface area contributed by atoms with Crippen LogP contribution in [-0.4, -0.2) is 29.1 Å². The number of hydrogen-bond donors (Lipinski definition) is 0. The first kappa shape index (κ1) is 23.5. The molecule has 1 spiro atoms. The number of amides is 1. The van der Waals surface area contributed by atoms with E-state index in [1.807, 2.05) is 6.07 Å². The van der Waals surface area contributed by atoms with E-state index in [1.165, 1.54) is 6.07 Å². The van der Waals surface area contributed by atoms with Crippen LogP contribution >= 0.6 is 11.6 Å². The van der Waals surface area contributed by atoms with Gasteiger partial charge < -0.3 is 9.42 Å². The second kappa shape index (κ2) is 8.76. The molecule has 2 aromatic carbocycles. The third kappa shape index (κ3) is 4.21. The molecule has 8 heteroatoms. The van der Waals surface area contributed by atoms with Crippen LogP contribution in [0.3, 0.4) is 0 Å². The summed E-state index contributed by atoms with van der Waals surface area (Å²) in [6.45, 7) is 2.87. The Labute approximate surface area is 207 Å². The zero-order valence-electron chi connectivity index (χ0n) is 19.3. The number of benzene rings is 2. The first-order valence-corrected chi connectivity index (χ1v) is 12.0. The quantitative estimate of drug-likeness (QED) is 0.428. The molecule has 180 valence electrons. The second-order valence-corrected chi connectivity index (χ2v) is 10.3. The number of carbonyl (C=O) groups is 1. The van der Waals surface area contributed by atoms with Crippen LogP contribution in [0.15, 0.2) is 47.0 Å². The highest BCUT2D eigenvalue weighted by molar-refractivity contribution is 6.31. The van der Waals surface area contributed by atoms with E-state index in [4.69, 9.17) is 21.4 Å². The summed E-state index contributed by atoms with van der Waals surface area (Å²) >= 11 is 6.23. The van der Waals surface area contributed by atoms with Gasteiger partial charge in [-0.3, -0.25) is 4.79 Å². The maximum atomic E-state index is 14.7. The highest BCUT2D eigenvalue weighted by atomic mass is 35.5. The van der Waals surface area contributed by atoms with Gasteiger partial charge in [-0.2, -0.15) is 5.26 Å². The van der Waals surface area contributed by atoms with E-state index < -0.39 is 11.6 Å². The molecular formula is C27H24ClF2N3O2. The van der Waals surface area contributed by atoms with Gasteiger partial charge in [-0.15, -0.1) is 0 Å².